The summed E-state index contributed by atoms with van der Waals surface area (Å²) in [7, 11) is 1.44. The van der Waals surface area contributed by atoms with Crippen LogP contribution in [0.5, 0.6) is 17.2 Å². The molecule has 2 N–H and O–H groups in total. The predicted molar refractivity (Wildman–Crippen MR) is 150 cm³/mol. The van der Waals surface area contributed by atoms with Crippen LogP contribution in [-0.4, -0.2) is 44.1 Å². The van der Waals surface area contributed by atoms with Gasteiger partial charge in [0.05, 0.1) is 24.4 Å². The van der Waals surface area contributed by atoms with Gasteiger partial charge in [0.2, 0.25) is 0 Å². The number of barbiturate groups is 1. The van der Waals surface area contributed by atoms with Gasteiger partial charge in [-0.25, -0.2) is 9.69 Å². The van der Waals surface area contributed by atoms with Gasteiger partial charge in [0.15, 0.2) is 18.1 Å². The number of nitrogens with zero attached hydrogens (tertiary/aromatic N) is 1. The Bertz CT molecular complexity index is 1470. The number of hydrogen-bond donors (Lipinski definition) is 2. The van der Waals surface area contributed by atoms with E-state index in [1.165, 1.54) is 37.5 Å². The number of halogens is 1. The molecule has 0 atom stereocenters. The minimum Gasteiger partial charge on any atom is -0.493 e. The number of nitrogens with one attached hydrogen (secondary N) is 2. The van der Waals surface area contributed by atoms with E-state index in [4.69, 9.17) is 25.8 Å². The van der Waals surface area contributed by atoms with Gasteiger partial charge in [0.1, 0.15) is 11.3 Å². The number of imide groups is 2. The number of ether oxygens (including phenoxy) is 3. The van der Waals surface area contributed by atoms with E-state index in [9.17, 15) is 19.2 Å². The molecule has 1 saturated heterocycles. The van der Waals surface area contributed by atoms with E-state index in [0.717, 1.165) is 11.3 Å². The van der Waals surface area contributed by atoms with Crippen LogP contribution in [0.15, 0.2) is 72.3 Å². The smallest absolute Gasteiger partial charge is 0.335 e. The van der Waals surface area contributed by atoms with Crippen LogP contribution in [0.25, 0.3) is 6.08 Å². The normalized spacial score (nSPS) is 14.1. The van der Waals surface area contributed by atoms with Crippen LogP contribution in [0, 0.1) is 0 Å². The second kappa shape index (κ2) is 12.8. The maximum Gasteiger partial charge on any atom is 0.335 e. The lowest BCUT2D eigenvalue weighted by Gasteiger charge is -2.27. The Balaban J connectivity index is 1.50. The SMILES string of the molecule is CCCOc1ccc(N2C(=O)NC(=O)/C(=C/c3ccc(OCC(=O)Nc4ccccc4)c(Cl)c3)C2=O)cc1OC. The average molecular weight is 564 g/mol. The molecule has 40 heavy (non-hydrogen) atoms. The zero-order valence-electron chi connectivity index (χ0n) is 21.7. The molecule has 1 aliphatic heterocycles. The van der Waals surface area contributed by atoms with Crippen LogP contribution in [-0.2, 0) is 14.4 Å². The number of carbonyl (C=O) groups is 4. The number of anilines is 2. The van der Waals surface area contributed by atoms with Crippen molar-refractivity contribution < 1.29 is 33.4 Å². The van der Waals surface area contributed by atoms with Crippen LogP contribution in [0.1, 0.15) is 18.9 Å². The van der Waals surface area contributed by atoms with Gasteiger partial charge in [-0.2, -0.15) is 0 Å². The first-order chi connectivity index (χ1) is 19.3. The maximum absolute atomic E-state index is 13.3. The highest BCUT2D eigenvalue weighted by molar-refractivity contribution is 6.39. The van der Waals surface area contributed by atoms with Crippen molar-refractivity contribution in [2.24, 2.45) is 0 Å². The van der Waals surface area contributed by atoms with Crippen molar-refractivity contribution in [3.8, 4) is 17.2 Å². The number of para-hydroxylation sites is 1. The molecular formula is C29H26ClN3O7. The summed E-state index contributed by atoms with van der Waals surface area (Å²) in [4.78, 5) is 51.5. The lowest BCUT2D eigenvalue weighted by molar-refractivity contribution is -0.122. The molecule has 0 radical (unpaired) electrons. The molecule has 0 aliphatic carbocycles. The Hall–Kier alpha value is -4.83. The minimum absolute atomic E-state index is 0.158. The van der Waals surface area contributed by atoms with E-state index in [0.29, 0.717) is 29.4 Å². The molecule has 11 heteroatoms. The van der Waals surface area contributed by atoms with E-state index in [1.807, 2.05) is 13.0 Å². The van der Waals surface area contributed by atoms with Gasteiger partial charge in [-0.1, -0.05) is 42.8 Å². The van der Waals surface area contributed by atoms with Crippen LogP contribution in [0.4, 0.5) is 16.2 Å². The third-order valence-electron chi connectivity index (χ3n) is 5.65. The summed E-state index contributed by atoms with van der Waals surface area (Å²) < 4.78 is 16.5. The Labute approximate surface area is 235 Å². The molecule has 0 unspecified atom stereocenters. The Morgan fingerprint density at radius 3 is 2.42 bits per heavy atom. The van der Waals surface area contributed by atoms with Crippen LogP contribution < -0.4 is 29.7 Å². The van der Waals surface area contributed by atoms with Crippen molar-refractivity contribution in [1.29, 1.82) is 0 Å². The Kier molecular flexibility index (Phi) is 9.03. The fourth-order valence-corrected chi connectivity index (χ4v) is 4.01. The first-order valence-corrected chi connectivity index (χ1v) is 12.7. The molecule has 10 nitrogen and oxygen atoms in total. The molecule has 0 aromatic heterocycles. The van der Waals surface area contributed by atoms with Gasteiger partial charge in [-0.3, -0.25) is 19.7 Å². The zero-order valence-corrected chi connectivity index (χ0v) is 22.5. The fraction of sp³-hybridized carbons (Fsp3) is 0.172. The number of benzene rings is 3. The van der Waals surface area contributed by atoms with Crippen LogP contribution in [0.2, 0.25) is 5.02 Å². The van der Waals surface area contributed by atoms with Crippen molar-refractivity contribution in [3.63, 3.8) is 0 Å². The third kappa shape index (κ3) is 6.59. The van der Waals surface area contributed by atoms with Crippen molar-refractivity contribution in [1.82, 2.24) is 5.32 Å². The monoisotopic (exact) mass is 563 g/mol. The lowest BCUT2D eigenvalue weighted by atomic mass is 10.1. The highest BCUT2D eigenvalue weighted by atomic mass is 35.5. The summed E-state index contributed by atoms with van der Waals surface area (Å²) in [6, 6.07) is 17.2. The zero-order chi connectivity index (χ0) is 28.6. The van der Waals surface area contributed by atoms with Crippen LogP contribution in [0.3, 0.4) is 0 Å². The molecule has 4 rings (SSSR count). The number of urea groups is 1. The number of hydrogen-bond acceptors (Lipinski definition) is 7. The molecule has 1 aliphatic rings. The van der Waals surface area contributed by atoms with Crippen molar-refractivity contribution in [2.45, 2.75) is 13.3 Å². The van der Waals surface area contributed by atoms with Crippen molar-refractivity contribution >= 4 is 52.8 Å². The number of amides is 5. The first kappa shape index (κ1) is 28.2. The minimum atomic E-state index is -0.896. The largest absolute Gasteiger partial charge is 0.493 e. The van der Waals surface area contributed by atoms with Gasteiger partial charge in [-0.15, -0.1) is 0 Å². The molecule has 0 bridgehead atoms. The molecular weight excluding hydrogens is 538 g/mol. The van der Waals surface area contributed by atoms with E-state index >= 15 is 0 Å². The summed E-state index contributed by atoms with van der Waals surface area (Å²) in [5, 5.41) is 5.04. The third-order valence-corrected chi connectivity index (χ3v) is 5.95. The Morgan fingerprint density at radius 1 is 0.975 bits per heavy atom. The summed E-state index contributed by atoms with van der Waals surface area (Å²) in [5.41, 5.74) is 0.945. The quantitative estimate of drug-likeness (QED) is 0.268. The highest BCUT2D eigenvalue weighted by Crippen LogP contribution is 2.34. The number of rotatable bonds is 10. The highest BCUT2D eigenvalue weighted by Gasteiger charge is 2.37. The second-order valence-electron chi connectivity index (χ2n) is 8.53. The van der Waals surface area contributed by atoms with Crippen LogP contribution >= 0.6 is 11.6 Å². The number of carbonyl (C=O) groups excluding carboxylic acids is 4. The standard InChI is InChI=1S/C29H26ClN3O7/c1-3-13-39-24-12-10-20(16-25(24)38-2)33-28(36)21(27(35)32-29(33)37)14-18-9-11-23(22(30)15-18)40-17-26(34)31-19-7-5-4-6-8-19/h4-12,14-16H,3,13,17H2,1-2H3,(H,31,34)(H,32,35,37)/b21-14-. The van der Waals surface area contributed by atoms with Gasteiger partial charge < -0.3 is 19.5 Å². The maximum atomic E-state index is 13.3. The van der Waals surface area contributed by atoms with Crippen molar-refractivity contribution in [3.05, 3.63) is 82.9 Å². The summed E-state index contributed by atoms with van der Waals surface area (Å²) >= 11 is 6.33. The molecule has 1 fully saturated rings. The molecule has 5 amide bonds. The van der Waals surface area contributed by atoms with E-state index < -0.39 is 17.8 Å². The van der Waals surface area contributed by atoms with E-state index in [-0.39, 0.29) is 34.5 Å². The lowest BCUT2D eigenvalue weighted by Crippen LogP contribution is -2.54. The summed E-state index contributed by atoms with van der Waals surface area (Å²) in [5.74, 6) is -1.03. The summed E-state index contributed by atoms with van der Waals surface area (Å²) in [6.07, 6.45) is 2.10. The second-order valence-corrected chi connectivity index (χ2v) is 8.94. The predicted octanol–water partition coefficient (Wildman–Crippen LogP) is 4.82. The first-order valence-electron chi connectivity index (χ1n) is 12.3. The molecule has 1 heterocycles. The van der Waals surface area contributed by atoms with E-state index in [1.54, 1.807) is 36.4 Å². The Morgan fingerprint density at radius 2 is 1.73 bits per heavy atom. The summed E-state index contributed by atoms with van der Waals surface area (Å²) in [6.45, 7) is 2.15. The van der Waals surface area contributed by atoms with Gasteiger partial charge in [0, 0.05) is 11.8 Å². The average Bonchev–Trinajstić information content (AvgIpc) is 2.94. The van der Waals surface area contributed by atoms with Gasteiger partial charge >= 0.3 is 6.03 Å². The fourth-order valence-electron chi connectivity index (χ4n) is 3.77. The molecule has 0 saturated carbocycles. The molecule has 3 aromatic carbocycles. The topological polar surface area (TPSA) is 123 Å². The molecule has 3 aromatic rings. The van der Waals surface area contributed by atoms with Gasteiger partial charge in [-0.05, 0) is 54.5 Å². The molecule has 206 valence electrons. The van der Waals surface area contributed by atoms with Crippen molar-refractivity contribution in [2.75, 3.05) is 30.5 Å². The number of methoxy groups -OCH3 is 1. The molecule has 0 spiro atoms. The van der Waals surface area contributed by atoms with E-state index in [2.05, 4.69) is 10.6 Å². The van der Waals surface area contributed by atoms with Gasteiger partial charge in [0.25, 0.3) is 17.7 Å².